The fourth-order valence-corrected chi connectivity index (χ4v) is 2.85. The number of carbonyl (C=O) groups excluding carboxylic acids is 2. The lowest BCUT2D eigenvalue weighted by molar-refractivity contribution is -0.139. The molecule has 0 fully saturated rings. The zero-order valence-corrected chi connectivity index (χ0v) is 17.4. The van der Waals surface area contributed by atoms with Gasteiger partial charge in [0, 0.05) is 11.1 Å². The lowest BCUT2D eigenvalue weighted by Crippen LogP contribution is -2.08. The molecule has 0 bridgehead atoms. The van der Waals surface area contributed by atoms with Crippen LogP contribution in [-0.4, -0.2) is 45.0 Å². The second-order valence-electron chi connectivity index (χ2n) is 5.78. The Labute approximate surface area is 161 Å². The van der Waals surface area contributed by atoms with Crippen molar-refractivity contribution in [2.45, 2.75) is 46.5 Å². The number of hydrogen-bond acceptors (Lipinski definition) is 8. The third-order valence-corrected chi connectivity index (χ3v) is 4.60. The summed E-state index contributed by atoms with van der Waals surface area (Å²) in [6.45, 7) is 12.8. The summed E-state index contributed by atoms with van der Waals surface area (Å²) >= 11 is 0. The largest absolute Gasteiger partial charge is 0.474 e. The Morgan fingerprint density at radius 1 is 0.741 bits per heavy atom. The van der Waals surface area contributed by atoms with E-state index >= 15 is 0 Å². The highest BCUT2D eigenvalue weighted by molar-refractivity contribution is 7.48. The van der Waals surface area contributed by atoms with E-state index in [-0.39, 0.29) is 33.0 Å². The van der Waals surface area contributed by atoms with Crippen LogP contribution in [0.3, 0.4) is 0 Å². The molecule has 0 N–H and O–H groups in total. The topological polar surface area (TPSA) is 97.4 Å². The summed E-state index contributed by atoms with van der Waals surface area (Å²) in [4.78, 5) is 22.4. The van der Waals surface area contributed by atoms with Crippen LogP contribution in [0.15, 0.2) is 24.3 Å². The molecular formula is C18H31O8P. The Kier molecular flexibility index (Phi) is 13.8. The van der Waals surface area contributed by atoms with E-state index in [9.17, 15) is 14.2 Å². The maximum atomic E-state index is 12.4. The van der Waals surface area contributed by atoms with Crippen molar-refractivity contribution in [1.82, 2.24) is 0 Å². The highest BCUT2D eigenvalue weighted by Gasteiger charge is 2.25. The van der Waals surface area contributed by atoms with Crippen LogP contribution in [0.5, 0.6) is 0 Å². The minimum Gasteiger partial charge on any atom is -0.462 e. The van der Waals surface area contributed by atoms with Gasteiger partial charge in [0.1, 0.15) is 0 Å². The standard InChI is InChI=1S/C18H31O8P/c1-6-24-27(21,25-13-9-7-11-22-17(19)15(2)3)26-14-10-8-12-23-18(20)16(4)5/h2,4,6-14H2,1,3,5H3. The highest BCUT2D eigenvalue weighted by Crippen LogP contribution is 2.49. The first-order valence-electron chi connectivity index (χ1n) is 8.90. The van der Waals surface area contributed by atoms with Gasteiger partial charge in [0.15, 0.2) is 0 Å². The Balaban J connectivity index is 3.95. The van der Waals surface area contributed by atoms with Gasteiger partial charge in [-0.3, -0.25) is 13.6 Å². The Morgan fingerprint density at radius 2 is 1.11 bits per heavy atom. The van der Waals surface area contributed by atoms with Crippen LogP contribution < -0.4 is 0 Å². The summed E-state index contributed by atoms with van der Waals surface area (Å²) in [5.74, 6) is -0.874. The van der Waals surface area contributed by atoms with Crippen LogP contribution in [0.25, 0.3) is 0 Å². The van der Waals surface area contributed by atoms with Crippen LogP contribution in [0.2, 0.25) is 0 Å². The van der Waals surface area contributed by atoms with Gasteiger partial charge in [-0.25, -0.2) is 14.2 Å². The number of phosphoric ester groups is 1. The summed E-state index contributed by atoms with van der Waals surface area (Å²) in [7, 11) is -3.63. The molecule has 0 aliphatic heterocycles. The van der Waals surface area contributed by atoms with Gasteiger partial charge in [-0.1, -0.05) is 13.2 Å². The van der Waals surface area contributed by atoms with Crippen molar-refractivity contribution >= 4 is 19.8 Å². The molecule has 0 radical (unpaired) electrons. The van der Waals surface area contributed by atoms with Gasteiger partial charge in [0.05, 0.1) is 33.0 Å². The molecule has 0 atom stereocenters. The van der Waals surface area contributed by atoms with Gasteiger partial charge in [0.25, 0.3) is 0 Å². The van der Waals surface area contributed by atoms with Gasteiger partial charge in [-0.15, -0.1) is 0 Å². The first-order chi connectivity index (χ1) is 12.7. The van der Waals surface area contributed by atoms with E-state index in [1.807, 2.05) is 0 Å². The molecule has 0 unspecified atom stereocenters. The quantitative estimate of drug-likeness (QED) is 0.164. The minimum absolute atomic E-state index is 0.151. The van der Waals surface area contributed by atoms with Crippen molar-refractivity contribution in [1.29, 1.82) is 0 Å². The summed E-state index contributed by atoms with van der Waals surface area (Å²) < 4.78 is 37.9. The van der Waals surface area contributed by atoms with E-state index < -0.39 is 19.8 Å². The number of esters is 2. The number of hydrogen-bond donors (Lipinski definition) is 0. The monoisotopic (exact) mass is 406 g/mol. The van der Waals surface area contributed by atoms with Crippen molar-refractivity contribution in [3.8, 4) is 0 Å². The van der Waals surface area contributed by atoms with Gasteiger partial charge in [-0.2, -0.15) is 0 Å². The Bertz CT molecular complexity index is 501. The molecular weight excluding hydrogens is 375 g/mol. The zero-order valence-electron chi connectivity index (χ0n) is 16.5. The first kappa shape index (κ1) is 25.5. The van der Waals surface area contributed by atoms with Gasteiger partial charge in [-0.05, 0) is 46.5 Å². The molecule has 156 valence electrons. The van der Waals surface area contributed by atoms with E-state index in [1.165, 1.54) is 0 Å². The number of ether oxygens (including phenoxy) is 2. The molecule has 0 heterocycles. The molecule has 0 aromatic rings. The van der Waals surface area contributed by atoms with Crippen LogP contribution >= 0.6 is 7.82 Å². The molecule has 0 aromatic carbocycles. The predicted octanol–water partition coefficient (Wildman–Crippen LogP) is 3.96. The minimum atomic E-state index is -3.63. The molecule has 0 rings (SSSR count). The number of rotatable bonds is 16. The molecule has 0 saturated carbocycles. The van der Waals surface area contributed by atoms with Gasteiger partial charge >= 0.3 is 19.8 Å². The molecule has 0 aliphatic carbocycles. The van der Waals surface area contributed by atoms with Crippen LogP contribution in [0.1, 0.15) is 46.5 Å². The fourth-order valence-electron chi connectivity index (χ4n) is 1.61. The summed E-state index contributed by atoms with van der Waals surface area (Å²) in [6, 6.07) is 0. The summed E-state index contributed by atoms with van der Waals surface area (Å²) in [5.41, 5.74) is 0.685. The van der Waals surface area contributed by atoms with Crippen LogP contribution in [0.4, 0.5) is 0 Å². The van der Waals surface area contributed by atoms with Gasteiger partial charge < -0.3 is 9.47 Å². The van der Waals surface area contributed by atoms with E-state index in [1.54, 1.807) is 20.8 Å². The van der Waals surface area contributed by atoms with Crippen molar-refractivity contribution in [2.24, 2.45) is 0 Å². The first-order valence-corrected chi connectivity index (χ1v) is 10.4. The molecule has 0 aromatic heterocycles. The fraction of sp³-hybridized carbons (Fsp3) is 0.667. The maximum absolute atomic E-state index is 12.4. The molecule has 27 heavy (non-hydrogen) atoms. The Hall–Kier alpha value is -1.47. The van der Waals surface area contributed by atoms with E-state index in [0.29, 0.717) is 36.8 Å². The summed E-state index contributed by atoms with van der Waals surface area (Å²) in [6.07, 6.45) is 2.17. The highest BCUT2D eigenvalue weighted by atomic mass is 31.2. The number of carbonyl (C=O) groups is 2. The second-order valence-corrected chi connectivity index (χ2v) is 7.45. The lowest BCUT2D eigenvalue weighted by atomic mass is 10.3. The summed E-state index contributed by atoms with van der Waals surface area (Å²) in [5, 5.41) is 0. The zero-order chi connectivity index (χ0) is 20.7. The number of phosphoric acid groups is 1. The maximum Gasteiger partial charge on any atom is 0.474 e. The van der Waals surface area contributed by atoms with E-state index in [2.05, 4.69) is 13.2 Å². The smallest absolute Gasteiger partial charge is 0.462 e. The van der Waals surface area contributed by atoms with E-state index in [4.69, 9.17) is 23.0 Å². The average molecular weight is 406 g/mol. The molecule has 9 heteroatoms. The Morgan fingerprint density at radius 3 is 1.44 bits per heavy atom. The van der Waals surface area contributed by atoms with E-state index in [0.717, 1.165) is 0 Å². The van der Waals surface area contributed by atoms with Crippen molar-refractivity contribution < 1.29 is 37.2 Å². The normalized spacial score (nSPS) is 11.1. The third-order valence-electron chi connectivity index (χ3n) is 3.03. The molecule has 0 aliphatic rings. The molecule has 0 saturated heterocycles. The molecule has 0 spiro atoms. The number of unbranched alkanes of at least 4 members (excludes halogenated alkanes) is 2. The molecule has 0 amide bonds. The van der Waals surface area contributed by atoms with Crippen LogP contribution in [0, 0.1) is 0 Å². The lowest BCUT2D eigenvalue weighted by Gasteiger charge is -2.17. The van der Waals surface area contributed by atoms with Crippen LogP contribution in [-0.2, 0) is 37.2 Å². The predicted molar refractivity (Wildman–Crippen MR) is 101 cm³/mol. The average Bonchev–Trinajstić information content (AvgIpc) is 2.60. The molecule has 8 nitrogen and oxygen atoms in total. The SMILES string of the molecule is C=C(C)C(=O)OCCCCOP(=O)(OCC)OCCCCOC(=O)C(=C)C. The third kappa shape index (κ3) is 13.4. The van der Waals surface area contributed by atoms with Crippen molar-refractivity contribution in [3.05, 3.63) is 24.3 Å². The van der Waals surface area contributed by atoms with Gasteiger partial charge in [0.2, 0.25) is 0 Å². The van der Waals surface area contributed by atoms with Crippen molar-refractivity contribution in [2.75, 3.05) is 33.0 Å². The van der Waals surface area contributed by atoms with Crippen molar-refractivity contribution in [3.63, 3.8) is 0 Å². The second kappa shape index (κ2) is 14.6.